The minimum absolute atomic E-state index is 0.247. The van der Waals surface area contributed by atoms with Gasteiger partial charge in [0.25, 0.3) is 0 Å². The van der Waals surface area contributed by atoms with E-state index in [1.165, 1.54) is 16.9 Å². The maximum atomic E-state index is 12.8. The highest BCUT2D eigenvalue weighted by Gasteiger charge is 2.50. The molecule has 156 valence electrons. The van der Waals surface area contributed by atoms with E-state index < -0.39 is 11.9 Å². The molecule has 2 heterocycles. The fraction of sp³-hybridized carbons (Fsp3) is 0.391. The average Bonchev–Trinajstić information content (AvgIpc) is 3.24. The minimum atomic E-state index is -0.870. The molecule has 1 aliphatic heterocycles. The maximum Gasteiger partial charge on any atom is 0.249 e. The van der Waals surface area contributed by atoms with Crippen LogP contribution in [0.4, 0.5) is 5.13 Å². The first kappa shape index (κ1) is 20.5. The Morgan fingerprint density at radius 1 is 1.10 bits per heavy atom. The number of benzene rings is 1. The molecule has 1 aromatic carbocycles. The van der Waals surface area contributed by atoms with Crippen molar-refractivity contribution in [3.8, 4) is 11.3 Å². The Balaban J connectivity index is 1.50. The van der Waals surface area contributed by atoms with Gasteiger partial charge in [0.15, 0.2) is 5.13 Å². The van der Waals surface area contributed by atoms with Crippen molar-refractivity contribution in [3.05, 3.63) is 46.4 Å². The van der Waals surface area contributed by atoms with Crippen LogP contribution in [0.3, 0.4) is 0 Å². The molecule has 7 heteroatoms. The first-order valence-electron chi connectivity index (χ1n) is 10.1. The van der Waals surface area contributed by atoms with Gasteiger partial charge in [0, 0.05) is 10.9 Å². The zero-order valence-electron chi connectivity index (χ0n) is 17.6. The molecule has 1 saturated heterocycles. The molecule has 2 aromatic rings. The molecule has 0 spiro atoms. The number of anilines is 1. The number of allylic oxidation sites excluding steroid dienone is 2. The molecule has 2 aliphatic rings. The zero-order chi connectivity index (χ0) is 21.6. The molecular weight excluding hydrogens is 398 g/mol. The Bertz CT molecular complexity index is 1020. The predicted molar refractivity (Wildman–Crippen MR) is 117 cm³/mol. The van der Waals surface area contributed by atoms with Crippen LogP contribution < -0.4 is 5.32 Å². The number of amides is 3. The van der Waals surface area contributed by atoms with Gasteiger partial charge in [0.05, 0.1) is 17.5 Å². The Morgan fingerprint density at radius 3 is 2.23 bits per heavy atom. The number of thiazole rings is 1. The number of likely N-dealkylation sites (tertiary alicyclic amines) is 1. The lowest BCUT2D eigenvalue weighted by atomic mass is 9.85. The van der Waals surface area contributed by atoms with Crippen molar-refractivity contribution in [2.45, 2.75) is 46.6 Å². The fourth-order valence-corrected chi connectivity index (χ4v) is 5.27. The van der Waals surface area contributed by atoms with E-state index in [2.05, 4.69) is 29.4 Å². The number of hydrogen-bond acceptors (Lipinski definition) is 5. The molecule has 1 N–H and O–H groups in total. The molecule has 3 atom stereocenters. The highest BCUT2D eigenvalue weighted by Crippen LogP contribution is 2.36. The van der Waals surface area contributed by atoms with E-state index in [1.807, 2.05) is 31.4 Å². The molecular formula is C23H25N3O3S. The summed E-state index contributed by atoms with van der Waals surface area (Å²) in [6.45, 7) is 7.76. The van der Waals surface area contributed by atoms with E-state index in [-0.39, 0.29) is 23.7 Å². The van der Waals surface area contributed by atoms with Crippen molar-refractivity contribution < 1.29 is 14.4 Å². The normalized spacial score (nSPS) is 21.7. The highest BCUT2D eigenvalue weighted by molar-refractivity contribution is 7.14. The van der Waals surface area contributed by atoms with Gasteiger partial charge in [-0.2, -0.15) is 0 Å². The van der Waals surface area contributed by atoms with E-state index in [9.17, 15) is 14.4 Å². The SMILES string of the molecule is Cc1cc(C)c(-c2csc(NC(=O)[C@H](C)N3C(=O)[C@@H]4CC=CC[C@H]4C3=O)n2)c(C)c1. The molecule has 0 radical (unpaired) electrons. The van der Waals surface area contributed by atoms with Crippen molar-refractivity contribution in [2.75, 3.05) is 5.32 Å². The Kier molecular flexibility index (Phi) is 5.32. The lowest BCUT2D eigenvalue weighted by molar-refractivity contribution is -0.146. The van der Waals surface area contributed by atoms with Crippen LogP contribution in [-0.2, 0) is 14.4 Å². The molecule has 0 saturated carbocycles. The summed E-state index contributed by atoms with van der Waals surface area (Å²) in [4.78, 5) is 44.0. The number of hydrogen-bond donors (Lipinski definition) is 1. The van der Waals surface area contributed by atoms with Gasteiger partial charge in [-0.25, -0.2) is 4.98 Å². The summed E-state index contributed by atoms with van der Waals surface area (Å²) >= 11 is 1.33. The number of nitrogens with one attached hydrogen (secondary N) is 1. The molecule has 1 aliphatic carbocycles. The minimum Gasteiger partial charge on any atom is -0.300 e. The summed E-state index contributed by atoms with van der Waals surface area (Å²) in [5.74, 6) is -1.57. The Hall–Kier alpha value is -2.80. The van der Waals surface area contributed by atoms with Crippen molar-refractivity contribution in [2.24, 2.45) is 11.8 Å². The summed E-state index contributed by atoms with van der Waals surface area (Å²) in [6, 6.07) is 3.35. The Labute approximate surface area is 180 Å². The van der Waals surface area contributed by atoms with Crippen LogP contribution in [-0.4, -0.2) is 33.6 Å². The van der Waals surface area contributed by atoms with Gasteiger partial charge in [-0.05, 0) is 51.7 Å². The molecule has 3 amide bonds. The molecule has 0 bridgehead atoms. The van der Waals surface area contributed by atoms with Crippen LogP contribution in [0.15, 0.2) is 29.7 Å². The topological polar surface area (TPSA) is 79.4 Å². The average molecular weight is 424 g/mol. The van der Waals surface area contributed by atoms with Gasteiger partial charge >= 0.3 is 0 Å². The summed E-state index contributed by atoms with van der Waals surface area (Å²) < 4.78 is 0. The molecule has 4 rings (SSSR count). The highest BCUT2D eigenvalue weighted by atomic mass is 32.1. The van der Waals surface area contributed by atoms with Gasteiger partial charge in [0.2, 0.25) is 17.7 Å². The van der Waals surface area contributed by atoms with Crippen LogP contribution in [0.1, 0.15) is 36.5 Å². The second-order valence-corrected chi connectivity index (χ2v) is 9.04. The van der Waals surface area contributed by atoms with Gasteiger partial charge in [-0.15, -0.1) is 11.3 Å². The second-order valence-electron chi connectivity index (χ2n) is 8.18. The van der Waals surface area contributed by atoms with Crippen LogP contribution in [0, 0.1) is 32.6 Å². The number of carbonyl (C=O) groups excluding carboxylic acids is 3. The molecule has 1 fully saturated rings. The second kappa shape index (κ2) is 7.80. The van der Waals surface area contributed by atoms with Crippen LogP contribution in [0.2, 0.25) is 0 Å². The van der Waals surface area contributed by atoms with E-state index in [0.717, 1.165) is 27.3 Å². The summed E-state index contributed by atoms with van der Waals surface area (Å²) in [7, 11) is 0. The summed E-state index contributed by atoms with van der Waals surface area (Å²) in [5, 5.41) is 5.16. The lowest BCUT2D eigenvalue weighted by Gasteiger charge is -2.21. The molecule has 1 aromatic heterocycles. The van der Waals surface area contributed by atoms with Gasteiger partial charge in [0.1, 0.15) is 6.04 Å². The van der Waals surface area contributed by atoms with Crippen molar-refractivity contribution in [3.63, 3.8) is 0 Å². The number of aryl methyl sites for hydroxylation is 3. The number of fused-ring (bicyclic) bond motifs is 1. The Morgan fingerprint density at radius 2 is 1.67 bits per heavy atom. The van der Waals surface area contributed by atoms with Crippen LogP contribution in [0.25, 0.3) is 11.3 Å². The third-order valence-corrected chi connectivity index (χ3v) is 6.73. The standard InChI is InChI=1S/C23H25N3O3S/c1-12-9-13(2)19(14(3)10-12)18-11-30-23(24-18)25-20(27)15(4)26-21(28)16-7-5-6-8-17(16)22(26)29/h5-6,9-11,15-17H,7-8H2,1-4H3,(H,24,25,27)/t15-,16+,17+/m0/s1. The van der Waals surface area contributed by atoms with Gasteiger partial charge in [-0.1, -0.05) is 29.8 Å². The number of imide groups is 1. The fourth-order valence-electron chi connectivity index (χ4n) is 4.56. The lowest BCUT2D eigenvalue weighted by Crippen LogP contribution is -2.46. The van der Waals surface area contributed by atoms with Crippen molar-refractivity contribution in [1.29, 1.82) is 0 Å². The quantitative estimate of drug-likeness (QED) is 0.595. The molecule has 6 nitrogen and oxygen atoms in total. The summed E-state index contributed by atoms with van der Waals surface area (Å²) in [5.41, 5.74) is 5.33. The van der Waals surface area contributed by atoms with E-state index in [4.69, 9.17) is 0 Å². The predicted octanol–water partition coefficient (Wildman–Crippen LogP) is 4.01. The maximum absolute atomic E-state index is 12.8. The third kappa shape index (κ3) is 3.47. The van der Waals surface area contributed by atoms with Crippen molar-refractivity contribution >= 4 is 34.2 Å². The number of carbonyl (C=O) groups is 3. The van der Waals surface area contributed by atoms with Crippen LogP contribution in [0.5, 0.6) is 0 Å². The third-order valence-electron chi connectivity index (χ3n) is 5.98. The first-order valence-corrected chi connectivity index (χ1v) is 11.0. The number of rotatable bonds is 4. The molecule has 0 unspecified atom stereocenters. The molecule has 30 heavy (non-hydrogen) atoms. The van der Waals surface area contributed by atoms with Gasteiger partial charge < -0.3 is 5.32 Å². The smallest absolute Gasteiger partial charge is 0.249 e. The van der Waals surface area contributed by atoms with E-state index in [1.54, 1.807) is 6.92 Å². The van der Waals surface area contributed by atoms with Crippen LogP contribution >= 0.6 is 11.3 Å². The van der Waals surface area contributed by atoms with E-state index in [0.29, 0.717) is 18.0 Å². The first-order chi connectivity index (χ1) is 14.3. The summed E-state index contributed by atoms with van der Waals surface area (Å²) in [6.07, 6.45) is 5.00. The zero-order valence-corrected chi connectivity index (χ0v) is 18.4. The largest absolute Gasteiger partial charge is 0.300 e. The number of nitrogens with zero attached hydrogens (tertiary/aromatic N) is 2. The van der Waals surface area contributed by atoms with Crippen molar-refractivity contribution in [1.82, 2.24) is 9.88 Å². The number of aromatic nitrogens is 1. The van der Waals surface area contributed by atoms with Gasteiger partial charge in [-0.3, -0.25) is 19.3 Å². The monoisotopic (exact) mass is 423 g/mol. The van der Waals surface area contributed by atoms with E-state index >= 15 is 0 Å².